The molecule has 0 bridgehead atoms. The molecule has 1 fully saturated rings. The number of nitrogens with zero attached hydrogens (tertiary/aromatic N) is 1. The minimum atomic E-state index is 0.588. The Morgan fingerprint density at radius 3 is 2.75 bits per heavy atom. The van der Waals surface area contributed by atoms with E-state index in [4.69, 9.17) is 5.26 Å². The Balaban J connectivity index is 2.02. The van der Waals surface area contributed by atoms with Gasteiger partial charge in [-0.05, 0) is 42.2 Å². The van der Waals surface area contributed by atoms with E-state index in [1.54, 1.807) is 0 Å². The van der Waals surface area contributed by atoms with Crippen molar-refractivity contribution in [3.63, 3.8) is 0 Å². The maximum atomic E-state index is 9.16. The molecule has 2 nitrogen and oxygen atoms in total. The van der Waals surface area contributed by atoms with Gasteiger partial charge in [0, 0.05) is 12.6 Å². The first-order chi connectivity index (χ1) is 9.61. The lowest BCUT2D eigenvalue weighted by Crippen LogP contribution is -2.42. The third-order valence-electron chi connectivity index (χ3n) is 4.71. The second kappa shape index (κ2) is 6.90. The summed E-state index contributed by atoms with van der Waals surface area (Å²) in [4.78, 5) is 0. The van der Waals surface area contributed by atoms with Gasteiger partial charge in [-0.15, -0.1) is 0 Å². The molecule has 1 saturated carbocycles. The average Bonchev–Trinajstić information content (AvgIpc) is 2.45. The lowest BCUT2D eigenvalue weighted by Gasteiger charge is -2.38. The molecule has 0 heterocycles. The molecule has 0 saturated heterocycles. The van der Waals surface area contributed by atoms with Crippen LogP contribution in [0.5, 0.6) is 0 Å². The lowest BCUT2D eigenvalue weighted by atomic mass is 9.74. The molecule has 108 valence electrons. The SMILES string of the molecule is CC1CCC(C(C)C)C(NCc2ccccc2C#N)C1. The van der Waals surface area contributed by atoms with Crippen LogP contribution < -0.4 is 5.32 Å². The van der Waals surface area contributed by atoms with Gasteiger partial charge >= 0.3 is 0 Å². The summed E-state index contributed by atoms with van der Waals surface area (Å²) in [6.45, 7) is 7.83. The van der Waals surface area contributed by atoms with Gasteiger partial charge < -0.3 is 5.32 Å². The fourth-order valence-corrected chi connectivity index (χ4v) is 3.46. The molecule has 0 aromatic heterocycles. The first-order valence-corrected chi connectivity index (χ1v) is 7.83. The number of benzene rings is 1. The summed E-state index contributed by atoms with van der Waals surface area (Å²) in [7, 11) is 0. The summed E-state index contributed by atoms with van der Waals surface area (Å²) in [5, 5.41) is 12.9. The molecule has 2 rings (SSSR count). The van der Waals surface area contributed by atoms with Crippen molar-refractivity contribution >= 4 is 0 Å². The van der Waals surface area contributed by atoms with Crippen molar-refractivity contribution in [2.45, 2.75) is 52.6 Å². The van der Waals surface area contributed by atoms with E-state index in [-0.39, 0.29) is 0 Å². The molecule has 0 radical (unpaired) electrons. The number of rotatable bonds is 4. The molecule has 1 N–H and O–H groups in total. The van der Waals surface area contributed by atoms with Gasteiger partial charge in [-0.25, -0.2) is 0 Å². The smallest absolute Gasteiger partial charge is 0.0995 e. The zero-order valence-electron chi connectivity index (χ0n) is 12.9. The van der Waals surface area contributed by atoms with Crippen LogP contribution in [-0.4, -0.2) is 6.04 Å². The van der Waals surface area contributed by atoms with Gasteiger partial charge in [-0.1, -0.05) is 45.4 Å². The van der Waals surface area contributed by atoms with E-state index in [9.17, 15) is 0 Å². The van der Waals surface area contributed by atoms with Crippen molar-refractivity contribution in [1.82, 2.24) is 5.32 Å². The van der Waals surface area contributed by atoms with Crippen molar-refractivity contribution in [2.75, 3.05) is 0 Å². The number of hydrogen-bond donors (Lipinski definition) is 1. The van der Waals surface area contributed by atoms with Gasteiger partial charge in [-0.3, -0.25) is 0 Å². The minimum absolute atomic E-state index is 0.588. The Labute approximate surface area is 123 Å². The Kier molecular flexibility index (Phi) is 5.20. The summed E-state index contributed by atoms with van der Waals surface area (Å²) in [5.74, 6) is 2.31. The normalized spacial score (nSPS) is 26.4. The van der Waals surface area contributed by atoms with Crippen molar-refractivity contribution in [3.8, 4) is 6.07 Å². The van der Waals surface area contributed by atoms with Crippen molar-refractivity contribution < 1.29 is 0 Å². The van der Waals surface area contributed by atoms with E-state index in [1.807, 2.05) is 18.2 Å². The number of nitriles is 1. The van der Waals surface area contributed by atoms with E-state index in [0.29, 0.717) is 6.04 Å². The monoisotopic (exact) mass is 270 g/mol. The Hall–Kier alpha value is -1.33. The van der Waals surface area contributed by atoms with Crippen LogP contribution in [0.1, 0.15) is 51.2 Å². The van der Waals surface area contributed by atoms with Crippen molar-refractivity contribution in [3.05, 3.63) is 35.4 Å². The van der Waals surface area contributed by atoms with E-state index in [0.717, 1.165) is 35.4 Å². The fourth-order valence-electron chi connectivity index (χ4n) is 3.46. The Morgan fingerprint density at radius 2 is 2.05 bits per heavy atom. The van der Waals surface area contributed by atoms with Gasteiger partial charge in [-0.2, -0.15) is 5.26 Å². The number of nitrogens with one attached hydrogen (secondary N) is 1. The highest BCUT2D eigenvalue weighted by atomic mass is 14.9. The zero-order chi connectivity index (χ0) is 14.5. The second-order valence-corrected chi connectivity index (χ2v) is 6.58. The van der Waals surface area contributed by atoms with Gasteiger partial charge in [0.1, 0.15) is 0 Å². The average molecular weight is 270 g/mol. The lowest BCUT2D eigenvalue weighted by molar-refractivity contribution is 0.169. The third kappa shape index (κ3) is 3.61. The van der Waals surface area contributed by atoms with Crippen molar-refractivity contribution in [2.24, 2.45) is 17.8 Å². The van der Waals surface area contributed by atoms with Crippen LogP contribution in [0.4, 0.5) is 0 Å². The molecule has 0 spiro atoms. The maximum Gasteiger partial charge on any atom is 0.0995 e. The standard InChI is InChI=1S/C18H26N2/c1-13(2)17-9-8-14(3)10-18(17)20-12-16-7-5-4-6-15(16)11-19/h4-7,13-14,17-18,20H,8-10,12H2,1-3H3. The first kappa shape index (κ1) is 15.1. The zero-order valence-corrected chi connectivity index (χ0v) is 12.9. The van der Waals surface area contributed by atoms with E-state index < -0.39 is 0 Å². The largest absolute Gasteiger partial charge is 0.310 e. The molecule has 0 amide bonds. The molecule has 0 aliphatic heterocycles. The molecule has 1 aromatic rings. The minimum Gasteiger partial charge on any atom is -0.310 e. The second-order valence-electron chi connectivity index (χ2n) is 6.58. The summed E-state index contributed by atoms with van der Waals surface area (Å²) < 4.78 is 0. The van der Waals surface area contributed by atoms with Gasteiger partial charge in [0.2, 0.25) is 0 Å². The van der Waals surface area contributed by atoms with Crippen LogP contribution in [0.15, 0.2) is 24.3 Å². The summed E-state index contributed by atoms with van der Waals surface area (Å²) in [6, 6.07) is 10.8. The molecular formula is C18H26N2. The molecule has 1 aliphatic rings. The van der Waals surface area contributed by atoms with Crippen LogP contribution in [0.25, 0.3) is 0 Å². The molecule has 3 atom stereocenters. The number of hydrogen-bond acceptors (Lipinski definition) is 2. The summed E-state index contributed by atoms with van der Waals surface area (Å²) in [6.07, 6.45) is 3.95. The molecule has 20 heavy (non-hydrogen) atoms. The van der Waals surface area contributed by atoms with Gasteiger partial charge in [0.15, 0.2) is 0 Å². The van der Waals surface area contributed by atoms with Crippen LogP contribution in [0.2, 0.25) is 0 Å². The van der Waals surface area contributed by atoms with Crippen LogP contribution in [-0.2, 0) is 6.54 Å². The van der Waals surface area contributed by atoms with E-state index >= 15 is 0 Å². The topological polar surface area (TPSA) is 35.8 Å². The summed E-state index contributed by atoms with van der Waals surface area (Å²) in [5.41, 5.74) is 1.92. The van der Waals surface area contributed by atoms with Crippen molar-refractivity contribution in [1.29, 1.82) is 5.26 Å². The predicted octanol–water partition coefficient (Wildman–Crippen LogP) is 4.11. The van der Waals surface area contributed by atoms with Gasteiger partial charge in [0.25, 0.3) is 0 Å². The predicted molar refractivity (Wildman–Crippen MR) is 83.1 cm³/mol. The molecular weight excluding hydrogens is 244 g/mol. The molecule has 1 aliphatic carbocycles. The van der Waals surface area contributed by atoms with Crippen LogP contribution in [0.3, 0.4) is 0 Å². The van der Waals surface area contributed by atoms with E-state index in [1.165, 1.54) is 19.3 Å². The Morgan fingerprint density at radius 1 is 1.30 bits per heavy atom. The highest BCUT2D eigenvalue weighted by molar-refractivity contribution is 5.37. The molecule has 1 aromatic carbocycles. The Bertz CT molecular complexity index is 473. The van der Waals surface area contributed by atoms with Gasteiger partial charge in [0.05, 0.1) is 11.6 Å². The third-order valence-corrected chi connectivity index (χ3v) is 4.71. The maximum absolute atomic E-state index is 9.16. The van der Waals surface area contributed by atoms with Crippen LogP contribution in [0, 0.1) is 29.1 Å². The highest BCUT2D eigenvalue weighted by Crippen LogP contribution is 2.33. The van der Waals surface area contributed by atoms with Crippen LogP contribution >= 0.6 is 0 Å². The first-order valence-electron chi connectivity index (χ1n) is 7.83. The molecule has 3 unspecified atom stereocenters. The summed E-state index contributed by atoms with van der Waals surface area (Å²) >= 11 is 0. The quantitative estimate of drug-likeness (QED) is 0.893. The fraction of sp³-hybridized carbons (Fsp3) is 0.611. The molecule has 2 heteroatoms. The van der Waals surface area contributed by atoms with E-state index in [2.05, 4.69) is 38.2 Å². The highest BCUT2D eigenvalue weighted by Gasteiger charge is 2.30.